The summed E-state index contributed by atoms with van der Waals surface area (Å²) in [6.45, 7) is 22.2. The minimum atomic E-state index is -1.88. The summed E-state index contributed by atoms with van der Waals surface area (Å²) in [7, 11) is -1.88. The third kappa shape index (κ3) is 6.38. The van der Waals surface area contributed by atoms with E-state index in [2.05, 4.69) is 76.7 Å². The lowest BCUT2D eigenvalue weighted by molar-refractivity contribution is 0.255. The van der Waals surface area contributed by atoms with Gasteiger partial charge < -0.3 is 8.98 Å². The summed E-state index contributed by atoms with van der Waals surface area (Å²) in [6, 6.07) is 8.36. The van der Waals surface area contributed by atoms with Crippen molar-refractivity contribution in [2.45, 2.75) is 90.2 Å². The van der Waals surface area contributed by atoms with Crippen LogP contribution in [0.2, 0.25) is 18.1 Å². The average molecular weight is 398 g/mol. The molecule has 3 nitrogen and oxygen atoms in total. The van der Waals surface area contributed by atoms with Gasteiger partial charge in [0, 0.05) is 11.4 Å². The minimum Gasteiger partial charge on any atom is -0.598 e. The van der Waals surface area contributed by atoms with Gasteiger partial charge >= 0.3 is 0 Å². The molecule has 0 saturated carbocycles. The van der Waals surface area contributed by atoms with Gasteiger partial charge in [0.25, 0.3) is 0 Å². The van der Waals surface area contributed by atoms with E-state index in [0.717, 1.165) is 0 Å². The van der Waals surface area contributed by atoms with E-state index in [1.54, 1.807) is 0 Å². The highest BCUT2D eigenvalue weighted by Crippen LogP contribution is 2.37. The Morgan fingerprint density at radius 2 is 1.54 bits per heavy atom. The van der Waals surface area contributed by atoms with Crippen molar-refractivity contribution in [2.24, 2.45) is 0 Å². The number of nitrogens with one attached hydrogen (secondary N) is 1. The molecule has 150 valence electrons. The van der Waals surface area contributed by atoms with Gasteiger partial charge in [0.05, 0.1) is 12.6 Å². The monoisotopic (exact) mass is 397 g/mol. The molecule has 0 bridgehead atoms. The largest absolute Gasteiger partial charge is 0.598 e. The molecule has 0 fully saturated rings. The van der Waals surface area contributed by atoms with Crippen molar-refractivity contribution >= 4 is 19.7 Å². The van der Waals surface area contributed by atoms with E-state index in [-0.39, 0.29) is 15.8 Å². The molecular weight excluding hydrogens is 358 g/mol. The molecule has 0 aliphatic rings. The molecule has 5 heteroatoms. The van der Waals surface area contributed by atoms with E-state index in [9.17, 15) is 4.55 Å². The molecule has 1 N–H and O–H groups in total. The van der Waals surface area contributed by atoms with Crippen molar-refractivity contribution in [1.29, 1.82) is 0 Å². The first-order valence-corrected chi connectivity index (χ1v) is 13.6. The summed E-state index contributed by atoms with van der Waals surface area (Å²) in [6.07, 6.45) is 0. The summed E-state index contributed by atoms with van der Waals surface area (Å²) in [4.78, 5) is 0. The molecule has 2 atom stereocenters. The molecule has 0 aromatic heterocycles. The van der Waals surface area contributed by atoms with Crippen molar-refractivity contribution < 1.29 is 8.98 Å². The molecule has 1 unspecified atom stereocenters. The van der Waals surface area contributed by atoms with Crippen LogP contribution >= 0.6 is 0 Å². The fraction of sp³-hybridized carbons (Fsp3) is 0.714. The van der Waals surface area contributed by atoms with E-state index >= 15 is 0 Å². The topological polar surface area (TPSA) is 44.3 Å². The Labute approximate surface area is 165 Å². The van der Waals surface area contributed by atoms with Gasteiger partial charge in [-0.2, -0.15) is 0 Å². The third-order valence-electron chi connectivity index (χ3n) is 5.22. The summed E-state index contributed by atoms with van der Waals surface area (Å²) in [5.74, 6) is 0.409. The van der Waals surface area contributed by atoms with Crippen molar-refractivity contribution in [3.8, 4) is 0 Å². The molecule has 0 radical (unpaired) electrons. The van der Waals surface area contributed by atoms with E-state index in [1.807, 2.05) is 20.8 Å². The Bertz CT molecular complexity index is 576. The predicted molar refractivity (Wildman–Crippen MR) is 117 cm³/mol. The second kappa shape index (κ2) is 8.78. The Morgan fingerprint density at radius 3 is 1.96 bits per heavy atom. The average Bonchev–Trinajstić information content (AvgIpc) is 2.49. The van der Waals surface area contributed by atoms with Crippen LogP contribution in [0.4, 0.5) is 0 Å². The summed E-state index contributed by atoms with van der Waals surface area (Å²) >= 11 is -1.15. The van der Waals surface area contributed by atoms with Gasteiger partial charge in [-0.05, 0) is 55.9 Å². The molecule has 0 saturated heterocycles. The van der Waals surface area contributed by atoms with Gasteiger partial charge in [-0.1, -0.05) is 58.9 Å². The van der Waals surface area contributed by atoms with E-state index in [1.165, 1.54) is 11.1 Å². The first kappa shape index (κ1) is 23.7. The van der Waals surface area contributed by atoms with Gasteiger partial charge in [-0.25, -0.2) is 0 Å². The van der Waals surface area contributed by atoms with Crippen LogP contribution in [0.5, 0.6) is 0 Å². The zero-order chi connectivity index (χ0) is 20.3. The Hall–Kier alpha value is -0.333. The maximum absolute atomic E-state index is 12.8. The zero-order valence-corrected chi connectivity index (χ0v) is 20.2. The van der Waals surface area contributed by atoms with Crippen molar-refractivity contribution in [1.82, 2.24) is 4.72 Å². The quantitative estimate of drug-likeness (QED) is 0.458. The Morgan fingerprint density at radius 1 is 1.04 bits per heavy atom. The molecule has 1 aromatic rings. The molecule has 1 rings (SSSR count). The molecule has 26 heavy (non-hydrogen) atoms. The second-order valence-corrected chi connectivity index (χ2v) is 16.7. The highest BCUT2D eigenvalue weighted by atomic mass is 32.2. The fourth-order valence-corrected chi connectivity index (χ4v) is 4.18. The van der Waals surface area contributed by atoms with Gasteiger partial charge in [0.2, 0.25) is 0 Å². The third-order valence-corrected chi connectivity index (χ3v) is 11.3. The zero-order valence-electron chi connectivity index (χ0n) is 18.4. The van der Waals surface area contributed by atoms with Gasteiger partial charge in [-0.15, -0.1) is 4.72 Å². The van der Waals surface area contributed by atoms with Gasteiger partial charge in [-0.3, -0.25) is 0 Å². The lowest BCUT2D eigenvalue weighted by Gasteiger charge is -2.38. The van der Waals surface area contributed by atoms with E-state index in [4.69, 9.17) is 4.43 Å². The minimum absolute atomic E-state index is 0.0808. The summed E-state index contributed by atoms with van der Waals surface area (Å²) in [5.41, 5.74) is 2.48. The summed E-state index contributed by atoms with van der Waals surface area (Å²) < 4.78 is 22.4. The fourth-order valence-electron chi connectivity index (χ4n) is 2.36. The Kier molecular flexibility index (Phi) is 8.01. The van der Waals surface area contributed by atoms with Crippen LogP contribution in [0, 0.1) is 0 Å². The smallest absolute Gasteiger partial charge is 0.192 e. The van der Waals surface area contributed by atoms with Crippen molar-refractivity contribution in [3.05, 3.63) is 35.4 Å². The molecule has 0 amide bonds. The van der Waals surface area contributed by atoms with Crippen molar-refractivity contribution in [2.75, 3.05) is 6.61 Å². The number of hydrogen-bond acceptors (Lipinski definition) is 3. The van der Waals surface area contributed by atoms with Gasteiger partial charge in [0.1, 0.15) is 4.75 Å². The highest BCUT2D eigenvalue weighted by Gasteiger charge is 2.39. The Balaban J connectivity index is 3.16. The molecule has 0 spiro atoms. The maximum Gasteiger partial charge on any atom is 0.192 e. The van der Waals surface area contributed by atoms with Crippen LogP contribution in [0.15, 0.2) is 24.3 Å². The SMILES string of the molecule is CC(C)c1ccccc1C(CO[Si](C)(C)C(C)(C)C)N[S@@+]([O-])C(C)(C)C. The first-order valence-electron chi connectivity index (χ1n) is 9.57. The molecule has 0 aliphatic carbocycles. The van der Waals surface area contributed by atoms with Crippen LogP contribution in [0.25, 0.3) is 0 Å². The van der Waals surface area contributed by atoms with Crippen LogP contribution < -0.4 is 4.72 Å². The van der Waals surface area contributed by atoms with E-state index < -0.39 is 19.7 Å². The highest BCUT2D eigenvalue weighted by molar-refractivity contribution is 7.90. The second-order valence-electron chi connectivity index (χ2n) is 9.91. The predicted octanol–water partition coefficient (Wildman–Crippen LogP) is 5.92. The molecular formula is C21H39NO2SSi. The van der Waals surface area contributed by atoms with Crippen molar-refractivity contribution in [3.63, 3.8) is 0 Å². The molecule has 0 heterocycles. The van der Waals surface area contributed by atoms with Crippen LogP contribution in [0.1, 0.15) is 78.5 Å². The normalized spacial score (nSPS) is 16.0. The lowest BCUT2D eigenvalue weighted by Crippen LogP contribution is -2.46. The van der Waals surface area contributed by atoms with Gasteiger partial charge in [0.15, 0.2) is 8.32 Å². The van der Waals surface area contributed by atoms with Crippen LogP contribution in [0.3, 0.4) is 0 Å². The van der Waals surface area contributed by atoms with Crippen LogP contribution in [-0.4, -0.2) is 24.2 Å². The first-order chi connectivity index (χ1) is 11.7. The number of hydrogen-bond donors (Lipinski definition) is 1. The van der Waals surface area contributed by atoms with E-state index in [0.29, 0.717) is 12.5 Å². The summed E-state index contributed by atoms with van der Waals surface area (Å²) in [5, 5.41) is 0.151. The lowest BCUT2D eigenvalue weighted by atomic mass is 9.93. The number of benzene rings is 1. The number of rotatable bonds is 7. The maximum atomic E-state index is 12.8. The molecule has 0 aliphatic heterocycles. The van der Waals surface area contributed by atoms with Crippen LogP contribution in [-0.2, 0) is 15.8 Å². The molecule has 1 aromatic carbocycles. The standard InChI is InChI=1S/C21H39NO2SSi/c1-16(2)17-13-11-12-14-18(17)19(22-25(23)20(3,4)5)15-24-26(9,10)21(6,7)8/h11-14,16,19,22H,15H2,1-10H3/t19?,25-/m0/s1.